The van der Waals surface area contributed by atoms with Gasteiger partial charge < -0.3 is 14.5 Å². The first kappa shape index (κ1) is 19.7. The van der Waals surface area contributed by atoms with Crippen LogP contribution in [0.5, 0.6) is 0 Å². The first-order valence-electron chi connectivity index (χ1n) is 9.80. The normalized spacial score (nSPS) is 27.6. The fourth-order valence-electron chi connectivity index (χ4n) is 4.51. The number of amides is 2. The molecule has 1 aromatic carbocycles. The van der Waals surface area contributed by atoms with Crippen LogP contribution in [0.15, 0.2) is 30.4 Å². The summed E-state index contributed by atoms with van der Waals surface area (Å²) in [5, 5.41) is 0.992. The molecule has 1 aromatic rings. The molecule has 7 heteroatoms. The van der Waals surface area contributed by atoms with E-state index in [1.807, 2.05) is 15.9 Å². The van der Waals surface area contributed by atoms with Gasteiger partial charge in [-0.25, -0.2) is 0 Å². The highest BCUT2D eigenvalue weighted by Gasteiger charge is 2.45. The van der Waals surface area contributed by atoms with Crippen molar-refractivity contribution < 1.29 is 14.3 Å². The Labute approximate surface area is 175 Å². The Kier molecular flexibility index (Phi) is 5.95. The summed E-state index contributed by atoms with van der Waals surface area (Å²) in [4.78, 5) is 30.2. The molecule has 0 bridgehead atoms. The fourth-order valence-corrected chi connectivity index (χ4v) is 4.83. The number of rotatable bonds is 3. The SMILES string of the molecule is O=C(C1CC=C[C@@H]2CCN(Cc3ccc(Cl)c(Cl)c3)C(=O)[C@H]12)N1CCOCC1. The lowest BCUT2D eigenvalue weighted by atomic mass is 9.71. The van der Waals surface area contributed by atoms with Crippen molar-refractivity contribution in [2.45, 2.75) is 19.4 Å². The maximum Gasteiger partial charge on any atom is 0.227 e. The summed E-state index contributed by atoms with van der Waals surface area (Å²) in [6, 6.07) is 5.45. The third kappa shape index (κ3) is 3.93. The van der Waals surface area contributed by atoms with Gasteiger partial charge in [-0.15, -0.1) is 0 Å². The minimum atomic E-state index is -0.281. The highest BCUT2D eigenvalue weighted by atomic mass is 35.5. The number of hydrogen-bond acceptors (Lipinski definition) is 3. The van der Waals surface area contributed by atoms with Gasteiger partial charge in [-0.2, -0.15) is 0 Å². The number of ether oxygens (including phenoxy) is 1. The number of benzene rings is 1. The highest BCUT2D eigenvalue weighted by molar-refractivity contribution is 6.42. The van der Waals surface area contributed by atoms with Crippen molar-refractivity contribution in [1.29, 1.82) is 0 Å². The lowest BCUT2D eigenvalue weighted by Crippen LogP contribution is -2.53. The zero-order valence-electron chi connectivity index (χ0n) is 15.7. The van der Waals surface area contributed by atoms with Gasteiger partial charge in [-0.1, -0.05) is 41.4 Å². The molecule has 1 unspecified atom stereocenters. The summed E-state index contributed by atoms with van der Waals surface area (Å²) in [6.07, 6.45) is 5.71. The van der Waals surface area contributed by atoms with Crippen LogP contribution in [0.4, 0.5) is 0 Å². The molecule has 2 fully saturated rings. The molecule has 3 aliphatic rings. The summed E-state index contributed by atoms with van der Waals surface area (Å²) < 4.78 is 5.36. The minimum absolute atomic E-state index is 0.0679. The summed E-state index contributed by atoms with van der Waals surface area (Å²) in [5.74, 6) is -0.263. The van der Waals surface area contributed by atoms with Crippen LogP contribution < -0.4 is 0 Å². The molecule has 2 aliphatic heterocycles. The van der Waals surface area contributed by atoms with Gasteiger partial charge in [-0.3, -0.25) is 9.59 Å². The van der Waals surface area contributed by atoms with E-state index in [9.17, 15) is 9.59 Å². The van der Waals surface area contributed by atoms with E-state index < -0.39 is 0 Å². The maximum absolute atomic E-state index is 13.4. The fraction of sp³-hybridized carbons (Fsp3) is 0.524. The number of fused-ring (bicyclic) bond motifs is 1. The molecular formula is C21H24Cl2N2O3. The molecule has 28 heavy (non-hydrogen) atoms. The number of nitrogens with zero attached hydrogens (tertiary/aromatic N) is 2. The van der Waals surface area contributed by atoms with Crippen molar-refractivity contribution in [3.8, 4) is 0 Å². The molecule has 2 amide bonds. The second kappa shape index (κ2) is 8.44. The van der Waals surface area contributed by atoms with E-state index in [0.717, 1.165) is 12.0 Å². The molecule has 0 radical (unpaired) electrons. The Morgan fingerprint density at radius 1 is 1.14 bits per heavy atom. The number of carbonyl (C=O) groups excluding carboxylic acids is 2. The Balaban J connectivity index is 1.51. The van der Waals surface area contributed by atoms with Crippen LogP contribution in [-0.4, -0.2) is 54.5 Å². The van der Waals surface area contributed by atoms with E-state index in [2.05, 4.69) is 12.2 Å². The molecule has 0 aromatic heterocycles. The lowest BCUT2D eigenvalue weighted by Gasteiger charge is -2.43. The summed E-state index contributed by atoms with van der Waals surface area (Å²) in [7, 11) is 0. The molecule has 150 valence electrons. The molecule has 0 N–H and O–H groups in total. The quantitative estimate of drug-likeness (QED) is 0.701. The first-order chi connectivity index (χ1) is 13.5. The van der Waals surface area contributed by atoms with E-state index in [1.54, 1.807) is 12.1 Å². The summed E-state index contributed by atoms with van der Waals surface area (Å²) >= 11 is 12.1. The van der Waals surface area contributed by atoms with Gasteiger partial charge in [0.1, 0.15) is 0 Å². The molecule has 5 nitrogen and oxygen atoms in total. The van der Waals surface area contributed by atoms with Gasteiger partial charge in [-0.05, 0) is 36.5 Å². The number of allylic oxidation sites excluding steroid dienone is 2. The largest absolute Gasteiger partial charge is 0.378 e. The number of carbonyl (C=O) groups is 2. The van der Waals surface area contributed by atoms with Gasteiger partial charge >= 0.3 is 0 Å². The molecule has 3 atom stereocenters. The number of likely N-dealkylation sites (tertiary alicyclic amines) is 1. The summed E-state index contributed by atoms with van der Waals surface area (Å²) in [6.45, 7) is 3.53. The molecular weight excluding hydrogens is 399 g/mol. The zero-order valence-corrected chi connectivity index (χ0v) is 17.2. The molecule has 2 saturated heterocycles. The van der Waals surface area contributed by atoms with Crippen molar-refractivity contribution in [2.75, 3.05) is 32.8 Å². The topological polar surface area (TPSA) is 49.9 Å². The van der Waals surface area contributed by atoms with Crippen molar-refractivity contribution in [2.24, 2.45) is 17.8 Å². The van der Waals surface area contributed by atoms with Crippen LogP contribution in [0.3, 0.4) is 0 Å². The Morgan fingerprint density at radius 3 is 2.68 bits per heavy atom. The third-order valence-electron chi connectivity index (χ3n) is 5.99. The van der Waals surface area contributed by atoms with Crippen LogP contribution in [0.25, 0.3) is 0 Å². The number of piperidine rings is 1. The van der Waals surface area contributed by atoms with Gasteiger partial charge in [0.25, 0.3) is 0 Å². The van der Waals surface area contributed by atoms with E-state index in [4.69, 9.17) is 27.9 Å². The lowest BCUT2D eigenvalue weighted by molar-refractivity contribution is -0.153. The zero-order chi connectivity index (χ0) is 19.7. The predicted octanol–water partition coefficient (Wildman–Crippen LogP) is 3.39. The molecule has 4 rings (SSSR count). The second-order valence-electron chi connectivity index (χ2n) is 7.69. The standard InChI is InChI=1S/C21H24Cl2N2O3/c22-17-5-4-14(12-18(17)23)13-25-7-6-15-2-1-3-16(19(15)21(25)27)20(26)24-8-10-28-11-9-24/h1-2,4-5,12,15-16,19H,3,6-11,13H2/t15-,16?,19+/m1/s1. The number of hydrogen-bond donors (Lipinski definition) is 0. The highest BCUT2D eigenvalue weighted by Crippen LogP contribution is 2.39. The van der Waals surface area contributed by atoms with Crippen molar-refractivity contribution in [1.82, 2.24) is 9.80 Å². The summed E-state index contributed by atoms with van der Waals surface area (Å²) in [5.41, 5.74) is 0.948. The Morgan fingerprint density at radius 2 is 1.93 bits per heavy atom. The number of morpholine rings is 1. The van der Waals surface area contributed by atoms with Crippen molar-refractivity contribution in [3.05, 3.63) is 46.0 Å². The Bertz CT molecular complexity index is 792. The van der Waals surface area contributed by atoms with Crippen molar-refractivity contribution >= 4 is 35.0 Å². The van der Waals surface area contributed by atoms with E-state index in [0.29, 0.717) is 55.9 Å². The second-order valence-corrected chi connectivity index (χ2v) is 8.51. The van der Waals surface area contributed by atoms with Crippen LogP contribution in [0, 0.1) is 17.8 Å². The van der Waals surface area contributed by atoms with E-state index in [1.165, 1.54) is 0 Å². The smallest absolute Gasteiger partial charge is 0.227 e. The molecule has 2 heterocycles. The van der Waals surface area contributed by atoms with Gasteiger partial charge in [0, 0.05) is 26.2 Å². The molecule has 1 aliphatic carbocycles. The Hall–Kier alpha value is -1.56. The van der Waals surface area contributed by atoms with Crippen molar-refractivity contribution in [3.63, 3.8) is 0 Å². The average Bonchev–Trinajstić information content (AvgIpc) is 2.72. The van der Waals surface area contributed by atoms with Gasteiger partial charge in [0.15, 0.2) is 0 Å². The van der Waals surface area contributed by atoms with Gasteiger partial charge in [0.05, 0.1) is 35.1 Å². The molecule has 0 spiro atoms. The van der Waals surface area contributed by atoms with Crippen LogP contribution in [0.2, 0.25) is 10.0 Å². The van der Waals surface area contributed by atoms with E-state index in [-0.39, 0.29) is 29.6 Å². The third-order valence-corrected chi connectivity index (χ3v) is 6.73. The van der Waals surface area contributed by atoms with Crippen LogP contribution in [0.1, 0.15) is 18.4 Å². The predicted molar refractivity (Wildman–Crippen MR) is 108 cm³/mol. The van der Waals surface area contributed by atoms with Crippen LogP contribution >= 0.6 is 23.2 Å². The minimum Gasteiger partial charge on any atom is -0.378 e. The number of halogens is 2. The van der Waals surface area contributed by atoms with Gasteiger partial charge in [0.2, 0.25) is 11.8 Å². The first-order valence-corrected chi connectivity index (χ1v) is 10.6. The molecule has 0 saturated carbocycles. The van der Waals surface area contributed by atoms with Crippen LogP contribution in [-0.2, 0) is 20.9 Å². The monoisotopic (exact) mass is 422 g/mol. The van der Waals surface area contributed by atoms with E-state index >= 15 is 0 Å². The maximum atomic E-state index is 13.4. The average molecular weight is 423 g/mol.